The van der Waals surface area contributed by atoms with Gasteiger partial charge in [-0.2, -0.15) is 0 Å². The standard InChI is InChI=1S/C30H38N6O/c1-4-10-27(29-32-33-34-36(29)16-15-23-11-6-5-7-12-23)35(26-13-8-9-14-26)20-25-19-24-18-21(2)17-22(3)28(24)31-30(25)37/h5-7,11-12,17-19,26-27H,4,8-10,13-16,20H2,1-3H3,(H,31,37)/t27-/m1/s1. The van der Waals surface area contributed by atoms with E-state index in [2.05, 4.69) is 88.6 Å². The SMILES string of the molecule is CCC[C@H](c1nnnn1CCc1ccccc1)N(Cc1cc2cc(C)cc(C)c2[nH]c1=O)C1CCCC1. The minimum absolute atomic E-state index is 0.00127. The van der Waals surface area contributed by atoms with Crippen LogP contribution in [0.15, 0.2) is 53.3 Å². The Hall–Kier alpha value is -3.32. The van der Waals surface area contributed by atoms with Gasteiger partial charge in [0, 0.05) is 24.7 Å². The van der Waals surface area contributed by atoms with Gasteiger partial charge in [0.15, 0.2) is 5.82 Å². The summed E-state index contributed by atoms with van der Waals surface area (Å²) in [6.45, 7) is 7.71. The second-order valence-corrected chi connectivity index (χ2v) is 10.6. The fourth-order valence-corrected chi connectivity index (χ4v) is 5.98. The summed E-state index contributed by atoms with van der Waals surface area (Å²) in [6.07, 6.45) is 7.60. The Morgan fingerprint density at radius 1 is 1.11 bits per heavy atom. The Balaban J connectivity index is 1.48. The van der Waals surface area contributed by atoms with Gasteiger partial charge in [0.2, 0.25) is 0 Å². The lowest BCUT2D eigenvalue weighted by molar-refractivity contribution is 0.108. The summed E-state index contributed by atoms with van der Waals surface area (Å²) >= 11 is 0. The second-order valence-electron chi connectivity index (χ2n) is 10.6. The van der Waals surface area contributed by atoms with Crippen LogP contribution in [0, 0.1) is 13.8 Å². The molecule has 1 N–H and O–H groups in total. The molecule has 2 aromatic heterocycles. The van der Waals surface area contributed by atoms with E-state index in [1.807, 2.05) is 10.7 Å². The van der Waals surface area contributed by atoms with E-state index in [1.165, 1.54) is 24.0 Å². The summed E-state index contributed by atoms with van der Waals surface area (Å²) in [7, 11) is 0. The molecule has 0 spiro atoms. The van der Waals surface area contributed by atoms with Crippen LogP contribution in [0.2, 0.25) is 0 Å². The molecular weight excluding hydrogens is 460 g/mol. The molecule has 0 radical (unpaired) electrons. The number of benzene rings is 2. The number of tetrazole rings is 1. The topological polar surface area (TPSA) is 79.7 Å². The number of fused-ring (bicyclic) bond motifs is 1. The number of aromatic nitrogens is 5. The molecule has 0 unspecified atom stereocenters. The molecule has 0 saturated heterocycles. The van der Waals surface area contributed by atoms with Crippen molar-refractivity contribution in [3.8, 4) is 0 Å². The third kappa shape index (κ3) is 5.67. The smallest absolute Gasteiger partial charge is 0.252 e. The van der Waals surface area contributed by atoms with Crippen LogP contribution in [0.1, 0.15) is 79.6 Å². The molecule has 7 nitrogen and oxygen atoms in total. The zero-order chi connectivity index (χ0) is 25.8. The number of rotatable bonds is 10. The van der Waals surface area contributed by atoms with Gasteiger partial charge in [-0.25, -0.2) is 4.68 Å². The van der Waals surface area contributed by atoms with Crippen molar-refractivity contribution in [1.82, 2.24) is 30.1 Å². The molecule has 2 heterocycles. The fraction of sp³-hybridized carbons (Fsp3) is 0.467. The molecule has 0 aliphatic heterocycles. The van der Waals surface area contributed by atoms with Gasteiger partial charge in [0.1, 0.15) is 0 Å². The maximum Gasteiger partial charge on any atom is 0.252 e. The van der Waals surface area contributed by atoms with E-state index in [0.717, 1.165) is 66.5 Å². The summed E-state index contributed by atoms with van der Waals surface area (Å²) in [6, 6.07) is 17.3. The highest BCUT2D eigenvalue weighted by Gasteiger charge is 2.33. The number of nitrogens with zero attached hydrogens (tertiary/aromatic N) is 5. The summed E-state index contributed by atoms with van der Waals surface area (Å²) in [5.41, 5.74) is 5.33. The summed E-state index contributed by atoms with van der Waals surface area (Å²) < 4.78 is 1.98. The number of nitrogens with one attached hydrogen (secondary N) is 1. The van der Waals surface area contributed by atoms with Crippen molar-refractivity contribution in [3.63, 3.8) is 0 Å². The van der Waals surface area contributed by atoms with Gasteiger partial charge in [-0.1, -0.05) is 68.1 Å². The van der Waals surface area contributed by atoms with Gasteiger partial charge in [-0.3, -0.25) is 9.69 Å². The molecule has 1 aliphatic carbocycles. The minimum atomic E-state index is 0.00127. The molecule has 1 saturated carbocycles. The largest absolute Gasteiger partial charge is 0.321 e. The summed E-state index contributed by atoms with van der Waals surface area (Å²) in [5, 5.41) is 14.1. The van der Waals surface area contributed by atoms with E-state index in [1.54, 1.807) is 0 Å². The molecule has 194 valence electrons. The van der Waals surface area contributed by atoms with Crippen molar-refractivity contribution in [3.05, 3.63) is 87.0 Å². The van der Waals surface area contributed by atoms with Crippen molar-refractivity contribution in [2.45, 2.75) is 90.9 Å². The Labute approximate surface area is 218 Å². The van der Waals surface area contributed by atoms with E-state index in [9.17, 15) is 4.79 Å². The highest BCUT2D eigenvalue weighted by atomic mass is 16.1. The molecular formula is C30H38N6O. The molecule has 4 aromatic rings. The normalized spacial score (nSPS) is 15.1. The van der Waals surface area contributed by atoms with E-state index in [-0.39, 0.29) is 11.6 Å². The third-order valence-electron chi connectivity index (χ3n) is 7.79. The summed E-state index contributed by atoms with van der Waals surface area (Å²) in [5.74, 6) is 0.911. The monoisotopic (exact) mass is 498 g/mol. The van der Waals surface area contributed by atoms with Crippen molar-refractivity contribution in [2.75, 3.05) is 0 Å². The molecule has 0 amide bonds. The van der Waals surface area contributed by atoms with E-state index < -0.39 is 0 Å². The Morgan fingerprint density at radius 3 is 2.65 bits per heavy atom. The lowest BCUT2D eigenvalue weighted by atomic mass is 10.0. The first kappa shape index (κ1) is 25.3. The van der Waals surface area contributed by atoms with Crippen LogP contribution in [-0.4, -0.2) is 36.1 Å². The summed E-state index contributed by atoms with van der Waals surface area (Å²) in [4.78, 5) is 19.0. The molecule has 1 aliphatic rings. The molecule has 1 fully saturated rings. The van der Waals surface area contributed by atoms with Crippen molar-refractivity contribution in [1.29, 1.82) is 0 Å². The Morgan fingerprint density at radius 2 is 1.89 bits per heavy atom. The average molecular weight is 499 g/mol. The average Bonchev–Trinajstić information content (AvgIpc) is 3.59. The molecule has 37 heavy (non-hydrogen) atoms. The zero-order valence-corrected chi connectivity index (χ0v) is 22.3. The number of aromatic amines is 1. The second kappa shape index (κ2) is 11.4. The predicted octanol–water partition coefficient (Wildman–Crippen LogP) is 5.66. The Kier molecular flexibility index (Phi) is 7.79. The molecule has 7 heteroatoms. The first-order valence-corrected chi connectivity index (χ1v) is 13.7. The minimum Gasteiger partial charge on any atom is -0.321 e. The van der Waals surface area contributed by atoms with E-state index >= 15 is 0 Å². The van der Waals surface area contributed by atoms with E-state index in [4.69, 9.17) is 0 Å². The number of hydrogen-bond acceptors (Lipinski definition) is 5. The maximum atomic E-state index is 13.3. The van der Waals surface area contributed by atoms with Crippen LogP contribution in [0.25, 0.3) is 10.9 Å². The van der Waals surface area contributed by atoms with Crippen molar-refractivity contribution < 1.29 is 0 Å². The molecule has 5 rings (SSSR count). The number of hydrogen-bond donors (Lipinski definition) is 1. The lowest BCUT2D eigenvalue weighted by Gasteiger charge is -2.35. The van der Waals surface area contributed by atoms with Crippen molar-refractivity contribution in [2.24, 2.45) is 0 Å². The van der Waals surface area contributed by atoms with Gasteiger partial charge in [-0.05, 0) is 78.6 Å². The fourth-order valence-electron chi connectivity index (χ4n) is 5.98. The van der Waals surface area contributed by atoms with Crippen LogP contribution in [-0.2, 0) is 19.5 Å². The number of H-pyrrole nitrogens is 1. The lowest BCUT2D eigenvalue weighted by Crippen LogP contribution is -2.39. The Bertz CT molecular complexity index is 1390. The molecule has 2 aromatic carbocycles. The van der Waals surface area contributed by atoms with Crippen LogP contribution in [0.3, 0.4) is 0 Å². The first-order valence-electron chi connectivity index (χ1n) is 13.7. The first-order chi connectivity index (χ1) is 18.0. The van der Waals surface area contributed by atoms with Gasteiger partial charge >= 0.3 is 0 Å². The predicted molar refractivity (Wildman–Crippen MR) is 147 cm³/mol. The van der Waals surface area contributed by atoms with Crippen molar-refractivity contribution >= 4 is 10.9 Å². The highest BCUT2D eigenvalue weighted by molar-refractivity contribution is 5.82. The molecule has 0 bridgehead atoms. The number of aryl methyl sites for hydroxylation is 4. The zero-order valence-electron chi connectivity index (χ0n) is 22.3. The van der Waals surface area contributed by atoms with Gasteiger partial charge < -0.3 is 4.98 Å². The van der Waals surface area contributed by atoms with Gasteiger partial charge in [-0.15, -0.1) is 5.10 Å². The van der Waals surface area contributed by atoms with Crippen LogP contribution < -0.4 is 5.56 Å². The number of pyridine rings is 1. The van der Waals surface area contributed by atoms with Crippen LogP contribution in [0.5, 0.6) is 0 Å². The van der Waals surface area contributed by atoms with Crippen LogP contribution in [0.4, 0.5) is 0 Å². The maximum absolute atomic E-state index is 13.3. The van der Waals surface area contributed by atoms with E-state index in [0.29, 0.717) is 12.6 Å². The quantitative estimate of drug-likeness (QED) is 0.305. The molecule has 1 atom stereocenters. The highest BCUT2D eigenvalue weighted by Crippen LogP contribution is 2.34. The van der Waals surface area contributed by atoms with Crippen LogP contribution >= 0.6 is 0 Å². The van der Waals surface area contributed by atoms with Gasteiger partial charge in [0.05, 0.1) is 11.6 Å². The van der Waals surface area contributed by atoms with Gasteiger partial charge in [0.25, 0.3) is 5.56 Å². The third-order valence-corrected chi connectivity index (χ3v) is 7.79.